The monoisotopic (exact) mass is 486 g/mol. The molecule has 11 heteroatoms. The van der Waals surface area contributed by atoms with Crippen LogP contribution in [-0.2, 0) is 16.6 Å². The number of piperidine rings is 1. The fourth-order valence-corrected chi connectivity index (χ4v) is 5.21. The molecule has 1 aromatic heterocycles. The van der Waals surface area contributed by atoms with Crippen LogP contribution in [0.1, 0.15) is 40.0 Å². The fourth-order valence-electron chi connectivity index (χ4n) is 5.21. The molecule has 0 unspecified atom stereocenters. The molecule has 4 heterocycles. The number of halogens is 1. The maximum Gasteiger partial charge on any atom is 0.410 e. The van der Waals surface area contributed by atoms with Gasteiger partial charge in [0.05, 0.1) is 11.2 Å². The van der Waals surface area contributed by atoms with Crippen molar-refractivity contribution in [2.24, 2.45) is 12.5 Å². The number of nitrogens with zero attached hydrogens (tertiary/aromatic N) is 5. The zero-order valence-electron chi connectivity index (χ0n) is 20.6. The van der Waals surface area contributed by atoms with E-state index < -0.39 is 11.6 Å². The number of amides is 4. The van der Waals surface area contributed by atoms with Crippen LogP contribution < -0.4 is 15.1 Å². The van der Waals surface area contributed by atoms with Gasteiger partial charge in [0.2, 0.25) is 5.91 Å². The van der Waals surface area contributed by atoms with Crippen molar-refractivity contribution in [3.63, 3.8) is 0 Å². The van der Waals surface area contributed by atoms with Crippen molar-refractivity contribution >= 4 is 40.4 Å². The normalized spacial score (nSPS) is 20.3. The highest BCUT2D eigenvalue weighted by molar-refractivity contribution is 6.09. The summed E-state index contributed by atoms with van der Waals surface area (Å²) in [5.41, 5.74) is 0.761. The maximum absolute atomic E-state index is 15.3. The van der Waals surface area contributed by atoms with Crippen molar-refractivity contribution in [1.82, 2.24) is 20.0 Å². The second-order valence-corrected chi connectivity index (χ2v) is 10.8. The number of nitrogens with one attached hydrogen (secondary N) is 1. The molecule has 188 valence electrons. The Morgan fingerprint density at radius 1 is 1.14 bits per heavy atom. The van der Waals surface area contributed by atoms with E-state index in [1.54, 1.807) is 22.7 Å². The zero-order chi connectivity index (χ0) is 25.1. The van der Waals surface area contributed by atoms with Crippen molar-refractivity contribution < 1.29 is 23.5 Å². The van der Waals surface area contributed by atoms with Crippen molar-refractivity contribution in [3.8, 4) is 0 Å². The van der Waals surface area contributed by atoms with Gasteiger partial charge in [-0.3, -0.25) is 19.7 Å². The molecule has 3 saturated heterocycles. The number of carbonyl (C=O) groups excluding carboxylic acids is 3. The van der Waals surface area contributed by atoms with Crippen LogP contribution in [0.2, 0.25) is 0 Å². The van der Waals surface area contributed by atoms with Crippen molar-refractivity contribution in [2.45, 2.75) is 45.6 Å². The minimum absolute atomic E-state index is 0.0622. The largest absolute Gasteiger partial charge is 0.444 e. The summed E-state index contributed by atoms with van der Waals surface area (Å²) in [7, 11) is 1.76. The van der Waals surface area contributed by atoms with E-state index in [0.717, 1.165) is 12.8 Å². The molecular formula is C24H31FN6O4. The minimum Gasteiger partial charge on any atom is -0.444 e. The van der Waals surface area contributed by atoms with E-state index in [-0.39, 0.29) is 36.2 Å². The summed E-state index contributed by atoms with van der Waals surface area (Å²) in [6.45, 7) is 8.49. The van der Waals surface area contributed by atoms with Gasteiger partial charge in [-0.05, 0) is 45.7 Å². The van der Waals surface area contributed by atoms with Gasteiger partial charge in [-0.25, -0.2) is 14.0 Å². The number of urea groups is 1. The van der Waals surface area contributed by atoms with Gasteiger partial charge in [0, 0.05) is 57.0 Å². The SMILES string of the molecule is Cn1nc(N2CCC(=O)NC2=O)c2cc(F)c(N3CCC4(CC3)CN(C(=O)OC(C)(C)C)C4)cc21. The average Bonchev–Trinajstić information content (AvgIpc) is 3.05. The number of hydrogen-bond donors (Lipinski definition) is 1. The van der Waals surface area contributed by atoms with Crippen molar-refractivity contribution in [3.05, 3.63) is 17.9 Å². The lowest BCUT2D eigenvalue weighted by atomic mass is 9.72. The quantitative estimate of drug-likeness (QED) is 0.701. The third kappa shape index (κ3) is 4.28. The van der Waals surface area contributed by atoms with Crippen LogP contribution in [0.4, 0.5) is 25.5 Å². The molecule has 0 atom stereocenters. The Bertz CT molecular complexity index is 1200. The number of ether oxygens (including phenoxy) is 1. The minimum atomic E-state index is -0.548. The highest BCUT2D eigenvalue weighted by atomic mass is 19.1. The van der Waals surface area contributed by atoms with E-state index in [0.29, 0.717) is 48.6 Å². The lowest BCUT2D eigenvalue weighted by molar-refractivity contribution is -0.120. The molecule has 5 rings (SSSR count). The first-order chi connectivity index (χ1) is 16.4. The van der Waals surface area contributed by atoms with Crippen LogP contribution in [0.15, 0.2) is 12.1 Å². The van der Waals surface area contributed by atoms with Gasteiger partial charge in [0.15, 0.2) is 5.82 Å². The molecule has 0 bridgehead atoms. The Kier molecular flexibility index (Phi) is 5.41. The molecule has 0 aliphatic carbocycles. The van der Waals surface area contributed by atoms with Crippen LogP contribution >= 0.6 is 0 Å². The first-order valence-corrected chi connectivity index (χ1v) is 12.0. The molecule has 4 amide bonds. The smallest absolute Gasteiger partial charge is 0.410 e. The van der Waals surface area contributed by atoms with E-state index >= 15 is 4.39 Å². The Labute approximate surface area is 202 Å². The Hall–Kier alpha value is -3.37. The number of fused-ring (bicyclic) bond motifs is 1. The van der Waals surface area contributed by atoms with E-state index in [9.17, 15) is 14.4 Å². The second kappa shape index (κ2) is 8.10. The number of benzene rings is 1. The number of rotatable bonds is 2. The summed E-state index contributed by atoms with van der Waals surface area (Å²) in [5, 5.41) is 7.26. The second-order valence-electron chi connectivity index (χ2n) is 10.8. The van der Waals surface area contributed by atoms with E-state index in [1.165, 1.54) is 11.0 Å². The van der Waals surface area contributed by atoms with Gasteiger partial charge >= 0.3 is 12.1 Å². The Balaban J connectivity index is 1.29. The van der Waals surface area contributed by atoms with Crippen LogP contribution in [0.25, 0.3) is 10.9 Å². The number of imide groups is 1. The lowest BCUT2D eigenvalue weighted by Crippen LogP contribution is -2.62. The molecule has 3 aliphatic heterocycles. The number of hydrogen-bond acceptors (Lipinski definition) is 6. The molecule has 2 aromatic rings. The van der Waals surface area contributed by atoms with Gasteiger partial charge < -0.3 is 14.5 Å². The Morgan fingerprint density at radius 3 is 2.46 bits per heavy atom. The first-order valence-electron chi connectivity index (χ1n) is 12.0. The van der Waals surface area contributed by atoms with Crippen LogP contribution in [0, 0.1) is 11.2 Å². The van der Waals surface area contributed by atoms with Crippen molar-refractivity contribution in [2.75, 3.05) is 42.5 Å². The van der Waals surface area contributed by atoms with Gasteiger partial charge in [0.1, 0.15) is 11.4 Å². The fraction of sp³-hybridized carbons (Fsp3) is 0.583. The van der Waals surface area contributed by atoms with Crippen molar-refractivity contribution in [1.29, 1.82) is 0 Å². The van der Waals surface area contributed by atoms with E-state index in [4.69, 9.17) is 4.74 Å². The molecule has 3 fully saturated rings. The third-order valence-electron chi connectivity index (χ3n) is 7.08. The predicted octanol–water partition coefficient (Wildman–Crippen LogP) is 3.00. The molecule has 35 heavy (non-hydrogen) atoms. The molecular weight excluding hydrogens is 455 g/mol. The number of aromatic nitrogens is 2. The summed E-state index contributed by atoms with van der Waals surface area (Å²) in [4.78, 5) is 41.2. The number of carbonyl (C=O) groups is 3. The molecule has 0 radical (unpaired) electrons. The molecule has 1 N–H and O–H groups in total. The first kappa shape index (κ1) is 23.4. The summed E-state index contributed by atoms with van der Waals surface area (Å²) < 4.78 is 22.4. The summed E-state index contributed by atoms with van der Waals surface area (Å²) >= 11 is 0. The van der Waals surface area contributed by atoms with Gasteiger partial charge in [-0.1, -0.05) is 0 Å². The molecule has 0 saturated carbocycles. The number of anilines is 2. The molecule has 3 aliphatic rings. The standard InChI is InChI=1S/C24H31FN6O4/c1-23(2,3)35-22(34)30-13-24(14-30)6-9-29(10-7-24)18-12-17-15(11-16(18)25)20(27-28(17)4)31-8-5-19(32)26-21(31)33/h11-12H,5-10,13-14H2,1-4H3,(H,26,32,33). The van der Waals surface area contributed by atoms with Crippen LogP contribution in [0.5, 0.6) is 0 Å². The van der Waals surface area contributed by atoms with E-state index in [1.807, 2.05) is 25.7 Å². The molecule has 1 spiro atoms. The van der Waals surface area contributed by atoms with E-state index in [2.05, 4.69) is 10.4 Å². The molecule has 1 aromatic carbocycles. The zero-order valence-corrected chi connectivity index (χ0v) is 20.6. The summed E-state index contributed by atoms with van der Waals surface area (Å²) in [6.07, 6.45) is 1.62. The number of likely N-dealkylation sites (tertiary alicyclic amines) is 1. The van der Waals surface area contributed by atoms with Crippen LogP contribution in [-0.4, -0.2) is 71.0 Å². The third-order valence-corrected chi connectivity index (χ3v) is 7.08. The Morgan fingerprint density at radius 2 is 1.83 bits per heavy atom. The average molecular weight is 487 g/mol. The topological polar surface area (TPSA) is 100 Å². The predicted molar refractivity (Wildman–Crippen MR) is 128 cm³/mol. The van der Waals surface area contributed by atoms with Crippen LogP contribution in [0.3, 0.4) is 0 Å². The maximum atomic E-state index is 15.3. The summed E-state index contributed by atoms with van der Waals surface area (Å²) in [6, 6.07) is 2.65. The molecule has 10 nitrogen and oxygen atoms in total. The van der Waals surface area contributed by atoms with Gasteiger partial charge in [0.25, 0.3) is 0 Å². The number of aryl methyl sites for hydroxylation is 1. The van der Waals surface area contributed by atoms with Gasteiger partial charge in [-0.15, -0.1) is 0 Å². The summed E-state index contributed by atoms with van der Waals surface area (Å²) in [5.74, 6) is -0.365. The highest BCUT2D eigenvalue weighted by Gasteiger charge is 2.48. The highest BCUT2D eigenvalue weighted by Crippen LogP contribution is 2.43. The lowest BCUT2D eigenvalue weighted by Gasteiger charge is -2.54. The van der Waals surface area contributed by atoms with Gasteiger partial charge in [-0.2, -0.15) is 5.10 Å².